The third-order valence-electron chi connectivity index (χ3n) is 5.00. The molecule has 8 nitrogen and oxygen atoms in total. The van der Waals surface area contributed by atoms with Gasteiger partial charge in [-0.1, -0.05) is 19.4 Å². The van der Waals surface area contributed by atoms with E-state index in [-0.39, 0.29) is 16.7 Å². The fraction of sp³-hybridized carbons (Fsp3) is 0.500. The number of nitrogens with one attached hydrogen (secondary N) is 1. The lowest BCUT2D eigenvalue weighted by Crippen LogP contribution is -2.43. The van der Waals surface area contributed by atoms with Crippen molar-refractivity contribution in [1.29, 1.82) is 0 Å². The number of nitro benzene ring substituents is 1. The van der Waals surface area contributed by atoms with Crippen molar-refractivity contribution in [3.8, 4) is 0 Å². The summed E-state index contributed by atoms with van der Waals surface area (Å²) in [6.07, 6.45) is 5.08. The van der Waals surface area contributed by atoms with E-state index in [0.29, 0.717) is 17.2 Å². The van der Waals surface area contributed by atoms with Gasteiger partial charge in [0.15, 0.2) is 0 Å². The summed E-state index contributed by atoms with van der Waals surface area (Å²) in [6, 6.07) is 7.25. The molecule has 1 saturated heterocycles. The van der Waals surface area contributed by atoms with Gasteiger partial charge in [-0.15, -0.1) is 0 Å². The van der Waals surface area contributed by atoms with E-state index in [4.69, 9.17) is 5.73 Å². The SMILES string of the molecule is CCCCc1cc(N2CCC[C@@H](N)C2)nc(Nc2ccc(C)c([N+](=O)[O-])c2)n1. The van der Waals surface area contributed by atoms with Crippen molar-refractivity contribution in [2.24, 2.45) is 5.73 Å². The predicted molar refractivity (Wildman–Crippen MR) is 111 cm³/mol. The van der Waals surface area contributed by atoms with E-state index >= 15 is 0 Å². The predicted octanol–water partition coefficient (Wildman–Crippen LogP) is 3.71. The van der Waals surface area contributed by atoms with Gasteiger partial charge in [0.25, 0.3) is 5.69 Å². The van der Waals surface area contributed by atoms with Gasteiger partial charge in [0.2, 0.25) is 5.95 Å². The fourth-order valence-corrected chi connectivity index (χ4v) is 3.42. The topological polar surface area (TPSA) is 110 Å². The van der Waals surface area contributed by atoms with Crippen LogP contribution in [0.2, 0.25) is 0 Å². The minimum atomic E-state index is -0.375. The minimum absolute atomic E-state index is 0.0781. The summed E-state index contributed by atoms with van der Waals surface area (Å²) in [6.45, 7) is 5.57. The molecule has 0 amide bonds. The first-order valence-electron chi connectivity index (χ1n) is 9.87. The number of nitrogens with two attached hydrogens (primary N) is 1. The van der Waals surface area contributed by atoms with Gasteiger partial charge in [-0.2, -0.15) is 4.98 Å². The number of anilines is 3. The van der Waals surface area contributed by atoms with Crippen molar-refractivity contribution in [2.75, 3.05) is 23.3 Å². The lowest BCUT2D eigenvalue weighted by Gasteiger charge is -2.32. The minimum Gasteiger partial charge on any atom is -0.355 e. The zero-order chi connectivity index (χ0) is 20.1. The second-order valence-electron chi connectivity index (χ2n) is 7.38. The van der Waals surface area contributed by atoms with Gasteiger partial charge in [0.1, 0.15) is 5.82 Å². The summed E-state index contributed by atoms with van der Waals surface area (Å²) in [5.74, 6) is 1.32. The van der Waals surface area contributed by atoms with Crippen molar-refractivity contribution in [3.63, 3.8) is 0 Å². The number of unbranched alkanes of at least 4 members (excludes halogenated alkanes) is 1. The summed E-state index contributed by atoms with van der Waals surface area (Å²) in [4.78, 5) is 22.3. The van der Waals surface area contributed by atoms with E-state index < -0.39 is 0 Å². The molecule has 2 aromatic rings. The lowest BCUT2D eigenvalue weighted by atomic mass is 10.1. The standard InChI is InChI=1S/C20H28N6O2/c1-3-4-7-16-12-19(25-10-5-6-15(21)13-25)24-20(22-16)23-17-9-8-14(2)18(11-17)26(27)28/h8-9,11-12,15H,3-7,10,13,21H2,1-2H3,(H,22,23,24)/t15-/m1/s1. The molecular weight excluding hydrogens is 356 g/mol. The summed E-state index contributed by atoms with van der Waals surface area (Å²) < 4.78 is 0. The number of aromatic nitrogens is 2. The van der Waals surface area contributed by atoms with E-state index in [0.717, 1.165) is 56.7 Å². The number of rotatable bonds is 7. The second-order valence-corrected chi connectivity index (χ2v) is 7.38. The first kappa shape index (κ1) is 20.0. The van der Waals surface area contributed by atoms with E-state index in [2.05, 4.69) is 27.1 Å². The molecule has 1 atom stereocenters. The quantitative estimate of drug-likeness (QED) is 0.553. The Morgan fingerprint density at radius 2 is 2.18 bits per heavy atom. The number of hydrogen-bond acceptors (Lipinski definition) is 7. The molecule has 0 radical (unpaired) electrons. The highest BCUT2D eigenvalue weighted by Gasteiger charge is 2.20. The molecule has 8 heteroatoms. The van der Waals surface area contributed by atoms with Gasteiger partial charge in [-0.05, 0) is 38.7 Å². The monoisotopic (exact) mass is 384 g/mol. The third kappa shape index (κ3) is 4.95. The lowest BCUT2D eigenvalue weighted by molar-refractivity contribution is -0.385. The Morgan fingerprint density at radius 3 is 2.89 bits per heavy atom. The number of nitrogens with zero attached hydrogens (tertiary/aromatic N) is 4. The smallest absolute Gasteiger partial charge is 0.274 e. The van der Waals surface area contributed by atoms with Crippen LogP contribution in [0.25, 0.3) is 0 Å². The van der Waals surface area contributed by atoms with Crippen LogP contribution in [0.15, 0.2) is 24.3 Å². The average molecular weight is 384 g/mol. The van der Waals surface area contributed by atoms with Gasteiger partial charge in [-0.3, -0.25) is 10.1 Å². The van der Waals surface area contributed by atoms with Crippen LogP contribution in [-0.4, -0.2) is 34.0 Å². The molecule has 0 saturated carbocycles. The number of benzene rings is 1. The maximum absolute atomic E-state index is 11.2. The Labute approximate surface area is 165 Å². The Balaban J connectivity index is 1.89. The van der Waals surface area contributed by atoms with Gasteiger partial charge in [0, 0.05) is 48.2 Å². The Kier molecular flexibility index (Phi) is 6.41. The summed E-state index contributed by atoms with van der Waals surface area (Å²) in [5, 5.41) is 14.4. The van der Waals surface area contributed by atoms with Gasteiger partial charge in [0.05, 0.1) is 4.92 Å². The Hall–Kier alpha value is -2.74. The number of piperidine rings is 1. The molecule has 3 rings (SSSR count). The number of aryl methyl sites for hydroxylation is 2. The van der Waals surface area contributed by atoms with Gasteiger partial charge >= 0.3 is 0 Å². The normalized spacial score (nSPS) is 16.8. The van der Waals surface area contributed by atoms with Crippen LogP contribution in [-0.2, 0) is 6.42 Å². The van der Waals surface area contributed by atoms with E-state index in [9.17, 15) is 10.1 Å². The van der Waals surface area contributed by atoms with E-state index in [1.807, 2.05) is 6.07 Å². The Bertz CT molecular complexity index is 841. The highest BCUT2D eigenvalue weighted by Crippen LogP contribution is 2.26. The Morgan fingerprint density at radius 1 is 1.36 bits per heavy atom. The van der Waals surface area contributed by atoms with Crippen LogP contribution in [0, 0.1) is 17.0 Å². The third-order valence-corrected chi connectivity index (χ3v) is 5.00. The first-order valence-corrected chi connectivity index (χ1v) is 9.87. The van der Waals surface area contributed by atoms with Gasteiger partial charge in [-0.25, -0.2) is 4.98 Å². The zero-order valence-corrected chi connectivity index (χ0v) is 16.5. The van der Waals surface area contributed by atoms with Crippen LogP contribution < -0.4 is 16.0 Å². The summed E-state index contributed by atoms with van der Waals surface area (Å²) in [7, 11) is 0. The van der Waals surface area contributed by atoms with Gasteiger partial charge < -0.3 is 16.0 Å². The van der Waals surface area contributed by atoms with Crippen LogP contribution in [0.5, 0.6) is 0 Å². The van der Waals surface area contributed by atoms with Crippen LogP contribution >= 0.6 is 0 Å². The molecule has 1 fully saturated rings. The molecule has 28 heavy (non-hydrogen) atoms. The molecule has 1 aromatic heterocycles. The number of nitro groups is 1. The maximum Gasteiger partial charge on any atom is 0.274 e. The number of hydrogen-bond donors (Lipinski definition) is 2. The molecule has 1 aliphatic heterocycles. The van der Waals surface area contributed by atoms with E-state index in [1.54, 1.807) is 19.1 Å². The van der Waals surface area contributed by atoms with Crippen LogP contribution in [0.3, 0.4) is 0 Å². The van der Waals surface area contributed by atoms with Crippen molar-refractivity contribution < 1.29 is 4.92 Å². The largest absolute Gasteiger partial charge is 0.355 e. The van der Waals surface area contributed by atoms with E-state index in [1.165, 1.54) is 6.07 Å². The molecular formula is C20H28N6O2. The first-order chi connectivity index (χ1) is 13.5. The maximum atomic E-state index is 11.2. The van der Waals surface area contributed by atoms with Crippen LogP contribution in [0.4, 0.5) is 23.1 Å². The molecule has 1 aromatic carbocycles. The molecule has 0 spiro atoms. The second kappa shape index (κ2) is 8.97. The zero-order valence-electron chi connectivity index (χ0n) is 16.5. The molecule has 2 heterocycles. The molecule has 1 aliphatic rings. The van der Waals surface area contributed by atoms with Crippen molar-refractivity contribution in [3.05, 3.63) is 45.6 Å². The summed E-state index contributed by atoms with van der Waals surface area (Å²) >= 11 is 0. The van der Waals surface area contributed by atoms with Crippen LogP contribution in [0.1, 0.15) is 43.9 Å². The fourth-order valence-electron chi connectivity index (χ4n) is 3.42. The molecule has 0 unspecified atom stereocenters. The molecule has 0 aliphatic carbocycles. The highest BCUT2D eigenvalue weighted by atomic mass is 16.6. The van der Waals surface area contributed by atoms with Crippen molar-refractivity contribution in [2.45, 2.75) is 52.0 Å². The molecule has 150 valence electrons. The average Bonchev–Trinajstić information content (AvgIpc) is 2.67. The van der Waals surface area contributed by atoms with Crippen molar-refractivity contribution >= 4 is 23.1 Å². The van der Waals surface area contributed by atoms with Crippen molar-refractivity contribution in [1.82, 2.24) is 9.97 Å². The summed E-state index contributed by atoms with van der Waals surface area (Å²) in [5.41, 5.74) is 8.41. The highest BCUT2D eigenvalue weighted by molar-refractivity contribution is 5.61. The molecule has 0 bridgehead atoms. The molecule has 3 N–H and O–H groups in total.